The molecule has 2 heterocycles. The monoisotopic (exact) mass is 270 g/mol. The number of aromatic nitrogens is 1. The van der Waals surface area contributed by atoms with Crippen molar-refractivity contribution in [3.05, 3.63) is 30.5 Å². The van der Waals surface area contributed by atoms with Crippen LogP contribution in [0.25, 0.3) is 10.9 Å². The number of hydrogen-bond donors (Lipinski definition) is 2. The summed E-state index contributed by atoms with van der Waals surface area (Å²) in [4.78, 5) is 18.1. The predicted molar refractivity (Wildman–Crippen MR) is 80.3 cm³/mol. The fourth-order valence-electron chi connectivity index (χ4n) is 2.79. The predicted octanol–water partition coefficient (Wildman–Crippen LogP) is 1.52. The number of nitrogens with two attached hydrogens (primary N) is 2. The fourth-order valence-corrected chi connectivity index (χ4v) is 2.79. The molecule has 0 saturated carbocycles. The maximum Gasteiger partial charge on any atom is 0.225 e. The van der Waals surface area contributed by atoms with Crippen LogP contribution in [0.5, 0.6) is 0 Å². The van der Waals surface area contributed by atoms with E-state index in [2.05, 4.69) is 9.88 Å². The van der Waals surface area contributed by atoms with E-state index in [9.17, 15) is 4.79 Å². The van der Waals surface area contributed by atoms with Crippen LogP contribution in [-0.2, 0) is 4.79 Å². The van der Waals surface area contributed by atoms with Gasteiger partial charge < -0.3 is 16.4 Å². The number of primary amides is 1. The Labute approximate surface area is 117 Å². The molecule has 1 saturated heterocycles. The Morgan fingerprint density at radius 1 is 1.40 bits per heavy atom. The zero-order valence-electron chi connectivity index (χ0n) is 11.5. The highest BCUT2D eigenvalue weighted by atomic mass is 16.1. The van der Waals surface area contributed by atoms with Crippen molar-refractivity contribution in [2.75, 3.05) is 23.7 Å². The van der Waals surface area contributed by atoms with Crippen LogP contribution in [0.3, 0.4) is 0 Å². The third kappa shape index (κ3) is 1.95. The fraction of sp³-hybridized carbons (Fsp3) is 0.333. The Balaban J connectivity index is 2.02. The van der Waals surface area contributed by atoms with Gasteiger partial charge in [-0.2, -0.15) is 0 Å². The van der Waals surface area contributed by atoms with Crippen LogP contribution in [0.1, 0.15) is 13.3 Å². The van der Waals surface area contributed by atoms with E-state index in [-0.39, 0.29) is 5.91 Å². The first-order valence-electron chi connectivity index (χ1n) is 6.69. The van der Waals surface area contributed by atoms with Crippen molar-refractivity contribution < 1.29 is 4.79 Å². The summed E-state index contributed by atoms with van der Waals surface area (Å²) in [5, 5.41) is 1.05. The summed E-state index contributed by atoms with van der Waals surface area (Å²) >= 11 is 0. The lowest BCUT2D eigenvalue weighted by Gasteiger charge is -2.23. The summed E-state index contributed by atoms with van der Waals surface area (Å²) in [6.45, 7) is 3.39. The standard InChI is InChI=1S/C15H18N4O/c1-15(14(17)20)5-7-19(9-15)13-4-6-18-12-8-10(16)2-3-11(12)13/h2-4,6,8H,5,7,9,16H2,1H3,(H2,17,20). The lowest BCUT2D eigenvalue weighted by atomic mass is 9.89. The summed E-state index contributed by atoms with van der Waals surface area (Å²) in [5.41, 5.74) is 13.5. The quantitative estimate of drug-likeness (QED) is 0.810. The minimum absolute atomic E-state index is 0.234. The summed E-state index contributed by atoms with van der Waals surface area (Å²) in [7, 11) is 0. The average Bonchev–Trinajstić information content (AvgIpc) is 2.81. The van der Waals surface area contributed by atoms with E-state index in [4.69, 9.17) is 11.5 Å². The zero-order valence-corrected chi connectivity index (χ0v) is 11.5. The van der Waals surface area contributed by atoms with Gasteiger partial charge in [0.15, 0.2) is 0 Å². The zero-order chi connectivity index (χ0) is 14.3. The van der Waals surface area contributed by atoms with E-state index in [1.165, 1.54) is 0 Å². The van der Waals surface area contributed by atoms with E-state index in [1.54, 1.807) is 6.20 Å². The van der Waals surface area contributed by atoms with Crippen molar-refractivity contribution in [1.29, 1.82) is 0 Å². The van der Waals surface area contributed by atoms with Crippen LogP contribution in [-0.4, -0.2) is 24.0 Å². The number of fused-ring (bicyclic) bond motifs is 1. The highest BCUT2D eigenvalue weighted by molar-refractivity contribution is 5.94. The smallest absolute Gasteiger partial charge is 0.225 e. The molecule has 0 bridgehead atoms. The van der Waals surface area contributed by atoms with E-state index in [0.717, 1.165) is 29.6 Å². The van der Waals surface area contributed by atoms with Crippen molar-refractivity contribution in [3.8, 4) is 0 Å². The molecule has 1 fully saturated rings. The Morgan fingerprint density at radius 2 is 2.20 bits per heavy atom. The molecule has 1 aromatic heterocycles. The molecular formula is C15H18N4O. The number of benzene rings is 1. The number of pyridine rings is 1. The number of hydrogen-bond acceptors (Lipinski definition) is 4. The molecule has 1 aliphatic heterocycles. The largest absolute Gasteiger partial charge is 0.399 e. The van der Waals surface area contributed by atoms with Crippen LogP contribution in [0.2, 0.25) is 0 Å². The molecule has 1 amide bonds. The molecule has 2 aromatic rings. The van der Waals surface area contributed by atoms with Crippen molar-refractivity contribution in [2.24, 2.45) is 11.1 Å². The van der Waals surface area contributed by atoms with Gasteiger partial charge in [0.2, 0.25) is 5.91 Å². The molecule has 5 nitrogen and oxygen atoms in total. The Kier molecular flexibility index (Phi) is 2.78. The lowest BCUT2D eigenvalue weighted by molar-refractivity contribution is -0.125. The highest BCUT2D eigenvalue weighted by Gasteiger charge is 2.39. The van der Waals surface area contributed by atoms with Crippen LogP contribution in [0.4, 0.5) is 11.4 Å². The van der Waals surface area contributed by atoms with Gasteiger partial charge in [-0.05, 0) is 37.6 Å². The second-order valence-electron chi connectivity index (χ2n) is 5.70. The molecule has 5 heteroatoms. The molecule has 0 spiro atoms. The second kappa shape index (κ2) is 4.37. The van der Waals surface area contributed by atoms with Gasteiger partial charge >= 0.3 is 0 Å². The molecule has 0 radical (unpaired) electrons. The number of anilines is 2. The first kappa shape index (κ1) is 12.7. The van der Waals surface area contributed by atoms with Crippen LogP contribution in [0.15, 0.2) is 30.5 Å². The molecule has 3 rings (SSSR count). The summed E-state index contributed by atoms with van der Waals surface area (Å²) < 4.78 is 0. The van der Waals surface area contributed by atoms with Gasteiger partial charge in [0.25, 0.3) is 0 Å². The van der Waals surface area contributed by atoms with Gasteiger partial charge in [-0.3, -0.25) is 9.78 Å². The number of carbonyl (C=O) groups is 1. The van der Waals surface area contributed by atoms with Gasteiger partial charge in [-0.25, -0.2) is 0 Å². The van der Waals surface area contributed by atoms with E-state index in [1.807, 2.05) is 31.2 Å². The third-order valence-electron chi connectivity index (χ3n) is 4.15. The van der Waals surface area contributed by atoms with Crippen LogP contribution < -0.4 is 16.4 Å². The third-order valence-corrected chi connectivity index (χ3v) is 4.15. The van der Waals surface area contributed by atoms with Gasteiger partial charge in [-0.15, -0.1) is 0 Å². The lowest BCUT2D eigenvalue weighted by Crippen LogP contribution is -2.37. The van der Waals surface area contributed by atoms with Crippen LogP contribution >= 0.6 is 0 Å². The van der Waals surface area contributed by atoms with Gasteiger partial charge in [0.05, 0.1) is 10.9 Å². The summed E-state index contributed by atoms with van der Waals surface area (Å²) in [6.07, 6.45) is 2.55. The first-order chi connectivity index (χ1) is 9.49. The Morgan fingerprint density at radius 3 is 2.90 bits per heavy atom. The minimum atomic E-state index is -0.455. The second-order valence-corrected chi connectivity index (χ2v) is 5.70. The van der Waals surface area contributed by atoms with Gasteiger partial charge in [0.1, 0.15) is 0 Å². The Bertz CT molecular complexity index is 685. The first-order valence-corrected chi connectivity index (χ1v) is 6.69. The number of carbonyl (C=O) groups excluding carboxylic acids is 1. The number of nitrogen functional groups attached to an aromatic ring is 1. The maximum absolute atomic E-state index is 11.6. The molecule has 20 heavy (non-hydrogen) atoms. The summed E-state index contributed by atoms with van der Waals surface area (Å²) in [5.74, 6) is -0.234. The summed E-state index contributed by atoms with van der Waals surface area (Å²) in [6, 6.07) is 7.69. The number of rotatable bonds is 2. The van der Waals surface area contributed by atoms with Crippen molar-refractivity contribution in [3.63, 3.8) is 0 Å². The van der Waals surface area contributed by atoms with Crippen molar-refractivity contribution in [1.82, 2.24) is 4.98 Å². The molecule has 4 N–H and O–H groups in total. The molecule has 1 unspecified atom stereocenters. The molecule has 1 aromatic carbocycles. The van der Waals surface area contributed by atoms with E-state index >= 15 is 0 Å². The molecule has 1 aliphatic rings. The highest BCUT2D eigenvalue weighted by Crippen LogP contribution is 2.36. The molecule has 1 atom stereocenters. The SMILES string of the molecule is CC1(C(N)=O)CCN(c2ccnc3cc(N)ccc23)C1. The number of nitrogens with zero attached hydrogens (tertiary/aromatic N) is 2. The van der Waals surface area contributed by atoms with E-state index < -0.39 is 5.41 Å². The number of amides is 1. The van der Waals surface area contributed by atoms with Crippen molar-refractivity contribution in [2.45, 2.75) is 13.3 Å². The van der Waals surface area contributed by atoms with Crippen LogP contribution in [0, 0.1) is 5.41 Å². The van der Waals surface area contributed by atoms with Gasteiger partial charge in [0, 0.05) is 36.0 Å². The molecule has 104 valence electrons. The average molecular weight is 270 g/mol. The molecular weight excluding hydrogens is 252 g/mol. The normalized spacial score (nSPS) is 22.4. The van der Waals surface area contributed by atoms with E-state index in [0.29, 0.717) is 12.2 Å². The van der Waals surface area contributed by atoms with Crippen molar-refractivity contribution >= 4 is 28.2 Å². The molecule has 0 aliphatic carbocycles. The van der Waals surface area contributed by atoms with Gasteiger partial charge in [-0.1, -0.05) is 0 Å². The minimum Gasteiger partial charge on any atom is -0.399 e. The maximum atomic E-state index is 11.6. The Hall–Kier alpha value is -2.30. The topological polar surface area (TPSA) is 85.2 Å².